The van der Waals surface area contributed by atoms with Crippen LogP contribution in [0.1, 0.15) is 29.5 Å². The Kier molecular flexibility index (Phi) is 4.05. The highest BCUT2D eigenvalue weighted by Gasteiger charge is 2.21. The van der Waals surface area contributed by atoms with E-state index in [0.29, 0.717) is 0 Å². The Labute approximate surface area is 121 Å². The highest BCUT2D eigenvalue weighted by molar-refractivity contribution is 5.30. The number of hydrogen-bond acceptors (Lipinski definition) is 1. The fraction of sp³-hybridized carbons (Fsp3) is 0.368. The minimum Gasteiger partial charge on any atom is -0.493 e. The molecule has 0 spiro atoms. The number of aryl methyl sites for hydroxylation is 3. The maximum absolute atomic E-state index is 5.84. The molecule has 2 aromatic rings. The van der Waals surface area contributed by atoms with Gasteiger partial charge in [0.1, 0.15) is 5.75 Å². The van der Waals surface area contributed by atoms with Gasteiger partial charge in [-0.05, 0) is 61.8 Å². The SMILES string of the molecule is Cc1ccc(CCc2cccc(OCC3CC3)c2)cc1. The summed E-state index contributed by atoms with van der Waals surface area (Å²) in [7, 11) is 0. The van der Waals surface area contributed by atoms with E-state index in [9.17, 15) is 0 Å². The molecule has 0 saturated heterocycles. The lowest BCUT2D eigenvalue weighted by Crippen LogP contribution is -1.99. The highest BCUT2D eigenvalue weighted by atomic mass is 16.5. The van der Waals surface area contributed by atoms with Crippen LogP contribution in [0, 0.1) is 12.8 Å². The predicted octanol–water partition coefficient (Wildman–Crippen LogP) is 4.57. The molecular formula is C19H22O. The fourth-order valence-corrected chi connectivity index (χ4v) is 2.33. The number of hydrogen-bond donors (Lipinski definition) is 0. The Morgan fingerprint density at radius 2 is 1.70 bits per heavy atom. The molecule has 20 heavy (non-hydrogen) atoms. The molecule has 3 rings (SSSR count). The number of benzene rings is 2. The van der Waals surface area contributed by atoms with Crippen LogP contribution in [-0.2, 0) is 12.8 Å². The van der Waals surface area contributed by atoms with Gasteiger partial charge in [-0.3, -0.25) is 0 Å². The molecule has 104 valence electrons. The van der Waals surface area contributed by atoms with Gasteiger partial charge in [0.05, 0.1) is 6.61 Å². The minimum atomic E-state index is 0.811. The maximum Gasteiger partial charge on any atom is 0.119 e. The third-order valence-corrected chi connectivity index (χ3v) is 3.90. The molecule has 0 aromatic heterocycles. The Balaban J connectivity index is 1.56. The summed E-state index contributed by atoms with van der Waals surface area (Å²) in [4.78, 5) is 0. The van der Waals surface area contributed by atoms with E-state index >= 15 is 0 Å². The zero-order chi connectivity index (χ0) is 13.8. The van der Waals surface area contributed by atoms with Crippen molar-refractivity contribution in [3.8, 4) is 5.75 Å². The van der Waals surface area contributed by atoms with Gasteiger partial charge in [0.15, 0.2) is 0 Å². The molecule has 1 fully saturated rings. The van der Waals surface area contributed by atoms with Gasteiger partial charge in [0.25, 0.3) is 0 Å². The van der Waals surface area contributed by atoms with Crippen LogP contribution < -0.4 is 4.74 Å². The van der Waals surface area contributed by atoms with Crippen LogP contribution in [0.4, 0.5) is 0 Å². The maximum atomic E-state index is 5.84. The van der Waals surface area contributed by atoms with Gasteiger partial charge >= 0.3 is 0 Å². The summed E-state index contributed by atoms with van der Waals surface area (Å²) in [5, 5.41) is 0. The monoisotopic (exact) mass is 266 g/mol. The molecule has 0 heterocycles. The van der Waals surface area contributed by atoms with Crippen molar-refractivity contribution in [1.29, 1.82) is 0 Å². The molecule has 1 nitrogen and oxygen atoms in total. The molecule has 1 aliphatic carbocycles. The lowest BCUT2D eigenvalue weighted by atomic mass is 10.0. The Morgan fingerprint density at radius 1 is 0.950 bits per heavy atom. The van der Waals surface area contributed by atoms with Crippen molar-refractivity contribution in [2.24, 2.45) is 5.92 Å². The average molecular weight is 266 g/mol. The summed E-state index contributed by atoms with van der Waals surface area (Å²) in [6.07, 6.45) is 4.84. The average Bonchev–Trinajstić information content (AvgIpc) is 3.29. The lowest BCUT2D eigenvalue weighted by Gasteiger charge is -2.08. The molecule has 0 N–H and O–H groups in total. The quantitative estimate of drug-likeness (QED) is 0.744. The van der Waals surface area contributed by atoms with Crippen molar-refractivity contribution in [1.82, 2.24) is 0 Å². The Morgan fingerprint density at radius 3 is 2.45 bits per heavy atom. The second kappa shape index (κ2) is 6.13. The smallest absolute Gasteiger partial charge is 0.119 e. The molecule has 2 aromatic carbocycles. The Bertz CT molecular complexity index is 552. The second-order valence-electron chi connectivity index (χ2n) is 5.89. The van der Waals surface area contributed by atoms with Gasteiger partial charge in [-0.2, -0.15) is 0 Å². The van der Waals surface area contributed by atoms with Crippen molar-refractivity contribution in [2.45, 2.75) is 32.6 Å². The third kappa shape index (κ3) is 3.86. The highest BCUT2D eigenvalue weighted by Crippen LogP contribution is 2.29. The van der Waals surface area contributed by atoms with Gasteiger partial charge in [-0.1, -0.05) is 42.0 Å². The first-order valence-electron chi connectivity index (χ1n) is 7.57. The van der Waals surface area contributed by atoms with Crippen LogP contribution in [0.3, 0.4) is 0 Å². The zero-order valence-electron chi connectivity index (χ0n) is 12.1. The van der Waals surface area contributed by atoms with Crippen LogP contribution in [0.25, 0.3) is 0 Å². The normalized spacial score (nSPS) is 14.2. The summed E-state index contributed by atoms with van der Waals surface area (Å²) in [5.41, 5.74) is 4.09. The molecular weight excluding hydrogens is 244 g/mol. The first-order valence-corrected chi connectivity index (χ1v) is 7.57. The summed E-state index contributed by atoms with van der Waals surface area (Å²) in [5.74, 6) is 1.84. The fourth-order valence-electron chi connectivity index (χ4n) is 2.33. The van der Waals surface area contributed by atoms with Crippen LogP contribution in [-0.4, -0.2) is 6.61 Å². The lowest BCUT2D eigenvalue weighted by molar-refractivity contribution is 0.299. The molecule has 1 aliphatic rings. The molecule has 1 heteroatoms. The molecule has 0 aliphatic heterocycles. The third-order valence-electron chi connectivity index (χ3n) is 3.90. The van der Waals surface area contributed by atoms with Crippen LogP contribution in [0.5, 0.6) is 5.75 Å². The van der Waals surface area contributed by atoms with E-state index in [1.165, 1.54) is 29.5 Å². The van der Waals surface area contributed by atoms with E-state index in [2.05, 4.69) is 55.5 Å². The summed E-state index contributed by atoms with van der Waals surface area (Å²) >= 11 is 0. The van der Waals surface area contributed by atoms with E-state index in [-0.39, 0.29) is 0 Å². The van der Waals surface area contributed by atoms with E-state index < -0.39 is 0 Å². The van der Waals surface area contributed by atoms with Crippen molar-refractivity contribution >= 4 is 0 Å². The summed E-state index contributed by atoms with van der Waals surface area (Å²) in [6, 6.07) is 17.4. The standard InChI is InChI=1S/C19H22O/c1-15-5-7-16(8-6-15)9-10-17-3-2-4-19(13-17)20-14-18-11-12-18/h2-8,13,18H,9-12,14H2,1H3. The van der Waals surface area contributed by atoms with Crippen molar-refractivity contribution in [2.75, 3.05) is 6.61 Å². The largest absolute Gasteiger partial charge is 0.493 e. The van der Waals surface area contributed by atoms with Gasteiger partial charge in [-0.25, -0.2) is 0 Å². The molecule has 0 unspecified atom stereocenters. The van der Waals surface area contributed by atoms with Gasteiger partial charge in [0, 0.05) is 0 Å². The van der Waals surface area contributed by atoms with Crippen molar-refractivity contribution in [3.63, 3.8) is 0 Å². The van der Waals surface area contributed by atoms with E-state index in [1.54, 1.807) is 0 Å². The van der Waals surface area contributed by atoms with Gasteiger partial charge in [0.2, 0.25) is 0 Å². The summed E-state index contributed by atoms with van der Waals surface area (Å²) in [6.45, 7) is 3.02. The first-order chi connectivity index (χ1) is 9.79. The topological polar surface area (TPSA) is 9.23 Å². The Hall–Kier alpha value is -1.76. The van der Waals surface area contributed by atoms with E-state index in [0.717, 1.165) is 31.1 Å². The summed E-state index contributed by atoms with van der Waals surface area (Å²) < 4.78 is 5.84. The van der Waals surface area contributed by atoms with Crippen LogP contribution >= 0.6 is 0 Å². The molecule has 0 atom stereocenters. The molecule has 0 bridgehead atoms. The number of rotatable bonds is 6. The minimum absolute atomic E-state index is 0.811. The molecule has 0 radical (unpaired) electrons. The zero-order valence-corrected chi connectivity index (χ0v) is 12.1. The van der Waals surface area contributed by atoms with Crippen molar-refractivity contribution < 1.29 is 4.74 Å². The van der Waals surface area contributed by atoms with Crippen molar-refractivity contribution in [3.05, 3.63) is 65.2 Å². The first kappa shape index (κ1) is 13.2. The second-order valence-corrected chi connectivity index (χ2v) is 5.89. The predicted molar refractivity (Wildman–Crippen MR) is 83.2 cm³/mol. The van der Waals surface area contributed by atoms with E-state index in [1.807, 2.05) is 0 Å². The van der Waals surface area contributed by atoms with Crippen LogP contribution in [0.2, 0.25) is 0 Å². The van der Waals surface area contributed by atoms with E-state index in [4.69, 9.17) is 4.74 Å². The molecule has 1 saturated carbocycles. The van der Waals surface area contributed by atoms with Gasteiger partial charge in [-0.15, -0.1) is 0 Å². The van der Waals surface area contributed by atoms with Crippen LogP contribution in [0.15, 0.2) is 48.5 Å². The number of ether oxygens (including phenoxy) is 1. The molecule has 0 amide bonds. The van der Waals surface area contributed by atoms with Gasteiger partial charge < -0.3 is 4.74 Å².